The average molecular weight is 374 g/mol. The number of hydrogen-bond acceptors (Lipinski definition) is 2. The van der Waals surface area contributed by atoms with E-state index in [0.717, 1.165) is 16.3 Å². The van der Waals surface area contributed by atoms with Crippen LogP contribution in [-0.2, 0) is 11.3 Å². The van der Waals surface area contributed by atoms with E-state index in [1.54, 1.807) is 25.1 Å². The summed E-state index contributed by atoms with van der Waals surface area (Å²) in [6, 6.07) is 18.9. The normalized spacial score (nSPS) is 12.0. The Morgan fingerprint density at radius 2 is 1.84 bits per heavy atom. The van der Waals surface area contributed by atoms with E-state index in [0.29, 0.717) is 22.3 Å². The molecule has 0 aliphatic rings. The van der Waals surface area contributed by atoms with Gasteiger partial charge in [0.25, 0.3) is 5.91 Å². The van der Waals surface area contributed by atoms with Crippen molar-refractivity contribution in [2.45, 2.75) is 19.6 Å². The Kier molecular flexibility index (Phi) is 5.47. The second kappa shape index (κ2) is 7.77. The van der Waals surface area contributed by atoms with Crippen LogP contribution in [0, 0.1) is 0 Å². The summed E-state index contributed by atoms with van der Waals surface area (Å²) in [6.07, 6.45) is -0.628. The van der Waals surface area contributed by atoms with Gasteiger partial charge in [0.2, 0.25) is 0 Å². The quantitative estimate of drug-likeness (QED) is 0.664. The molecule has 0 saturated carbocycles. The fraction of sp³-hybridized carbons (Fsp3) is 0.150. The molecule has 0 saturated heterocycles. The molecule has 3 rings (SSSR count). The van der Waals surface area contributed by atoms with E-state index in [2.05, 4.69) is 5.32 Å². The summed E-state index contributed by atoms with van der Waals surface area (Å²) in [6.45, 7) is 2.04. The summed E-state index contributed by atoms with van der Waals surface area (Å²) in [4.78, 5) is 12.3. The standard InChI is InChI=1S/C20H17Cl2NO2/c1-13(20(24)23-12-15-9-10-16(21)11-18(15)22)25-19-8-4-6-14-5-2-3-7-17(14)19/h2-11,13H,12H2,1H3,(H,23,24)/t13-/m1/s1. The third-order valence-electron chi connectivity index (χ3n) is 3.89. The molecule has 0 aliphatic heterocycles. The van der Waals surface area contributed by atoms with Crippen LogP contribution in [0.1, 0.15) is 12.5 Å². The van der Waals surface area contributed by atoms with Crippen LogP contribution in [0.4, 0.5) is 0 Å². The van der Waals surface area contributed by atoms with Gasteiger partial charge >= 0.3 is 0 Å². The summed E-state index contributed by atoms with van der Waals surface area (Å²) >= 11 is 12.0. The van der Waals surface area contributed by atoms with Gasteiger partial charge in [0.15, 0.2) is 6.10 Å². The first kappa shape index (κ1) is 17.6. The van der Waals surface area contributed by atoms with Gasteiger partial charge in [-0.25, -0.2) is 0 Å². The SMILES string of the molecule is C[C@@H](Oc1cccc2ccccc12)C(=O)NCc1ccc(Cl)cc1Cl. The van der Waals surface area contributed by atoms with Crippen molar-refractivity contribution in [3.63, 3.8) is 0 Å². The van der Waals surface area contributed by atoms with Crippen molar-refractivity contribution in [3.8, 4) is 5.75 Å². The van der Waals surface area contributed by atoms with Crippen molar-refractivity contribution >= 4 is 39.9 Å². The maximum absolute atomic E-state index is 12.3. The predicted molar refractivity (Wildman–Crippen MR) is 102 cm³/mol. The molecule has 128 valence electrons. The molecule has 25 heavy (non-hydrogen) atoms. The van der Waals surface area contributed by atoms with Gasteiger partial charge in [-0.3, -0.25) is 4.79 Å². The number of fused-ring (bicyclic) bond motifs is 1. The van der Waals surface area contributed by atoms with E-state index in [4.69, 9.17) is 27.9 Å². The number of benzene rings is 3. The predicted octanol–water partition coefficient (Wildman–Crippen LogP) is 5.23. The highest BCUT2D eigenvalue weighted by Gasteiger charge is 2.16. The fourth-order valence-corrected chi connectivity index (χ4v) is 3.01. The Bertz CT molecular complexity index is 906. The molecule has 0 fully saturated rings. The molecule has 3 aromatic rings. The Morgan fingerprint density at radius 1 is 1.08 bits per heavy atom. The van der Waals surface area contributed by atoms with Crippen LogP contribution in [-0.4, -0.2) is 12.0 Å². The summed E-state index contributed by atoms with van der Waals surface area (Å²) in [7, 11) is 0. The molecule has 5 heteroatoms. The lowest BCUT2D eigenvalue weighted by Crippen LogP contribution is -2.36. The molecular weight excluding hydrogens is 357 g/mol. The van der Waals surface area contributed by atoms with Gasteiger partial charge in [-0.2, -0.15) is 0 Å². The van der Waals surface area contributed by atoms with Crippen LogP contribution in [0.5, 0.6) is 5.75 Å². The number of halogens is 2. The van der Waals surface area contributed by atoms with Gasteiger partial charge < -0.3 is 10.1 Å². The van der Waals surface area contributed by atoms with Crippen LogP contribution >= 0.6 is 23.2 Å². The smallest absolute Gasteiger partial charge is 0.261 e. The molecule has 3 nitrogen and oxygen atoms in total. The third-order valence-corrected chi connectivity index (χ3v) is 4.48. The average Bonchev–Trinajstić information content (AvgIpc) is 2.61. The molecule has 0 aromatic heterocycles. The van der Waals surface area contributed by atoms with E-state index in [9.17, 15) is 4.79 Å². The Balaban J connectivity index is 1.66. The minimum absolute atomic E-state index is 0.209. The number of amides is 1. The number of nitrogens with one attached hydrogen (secondary N) is 1. The number of ether oxygens (including phenoxy) is 1. The molecular formula is C20H17Cl2NO2. The molecule has 0 heterocycles. The highest BCUT2D eigenvalue weighted by molar-refractivity contribution is 6.35. The lowest BCUT2D eigenvalue weighted by molar-refractivity contribution is -0.127. The summed E-state index contributed by atoms with van der Waals surface area (Å²) in [5.74, 6) is 0.476. The van der Waals surface area contributed by atoms with Crippen LogP contribution in [0.2, 0.25) is 10.0 Å². The van der Waals surface area contributed by atoms with E-state index in [1.165, 1.54) is 0 Å². The van der Waals surface area contributed by atoms with Gasteiger partial charge in [0, 0.05) is 22.0 Å². The highest BCUT2D eigenvalue weighted by atomic mass is 35.5. The topological polar surface area (TPSA) is 38.3 Å². The van der Waals surface area contributed by atoms with Crippen molar-refractivity contribution in [3.05, 3.63) is 76.3 Å². The number of carbonyl (C=O) groups excluding carboxylic acids is 1. The Hall–Kier alpha value is -2.23. The minimum Gasteiger partial charge on any atom is -0.480 e. The molecule has 0 radical (unpaired) electrons. The maximum Gasteiger partial charge on any atom is 0.261 e. The van der Waals surface area contributed by atoms with E-state index < -0.39 is 6.10 Å². The van der Waals surface area contributed by atoms with Gasteiger partial charge in [-0.1, -0.05) is 65.7 Å². The minimum atomic E-state index is -0.628. The summed E-state index contributed by atoms with van der Waals surface area (Å²) < 4.78 is 5.86. The molecule has 1 N–H and O–H groups in total. The monoisotopic (exact) mass is 373 g/mol. The van der Waals surface area contributed by atoms with Gasteiger partial charge in [0.1, 0.15) is 5.75 Å². The number of rotatable bonds is 5. The van der Waals surface area contributed by atoms with E-state index in [-0.39, 0.29) is 5.91 Å². The van der Waals surface area contributed by atoms with Crippen LogP contribution < -0.4 is 10.1 Å². The molecule has 0 bridgehead atoms. The van der Waals surface area contributed by atoms with E-state index >= 15 is 0 Å². The first-order chi connectivity index (χ1) is 12.0. The Morgan fingerprint density at radius 3 is 2.64 bits per heavy atom. The lowest BCUT2D eigenvalue weighted by Gasteiger charge is -2.16. The molecule has 0 spiro atoms. The van der Waals surface area contributed by atoms with Crippen molar-refractivity contribution < 1.29 is 9.53 Å². The zero-order valence-corrected chi connectivity index (χ0v) is 15.1. The number of carbonyl (C=O) groups is 1. The molecule has 3 aromatic carbocycles. The van der Waals surface area contributed by atoms with Gasteiger partial charge in [0.05, 0.1) is 0 Å². The van der Waals surface area contributed by atoms with Crippen LogP contribution in [0.3, 0.4) is 0 Å². The fourth-order valence-electron chi connectivity index (χ4n) is 2.53. The van der Waals surface area contributed by atoms with Crippen LogP contribution in [0.15, 0.2) is 60.7 Å². The zero-order valence-electron chi connectivity index (χ0n) is 13.6. The summed E-state index contributed by atoms with van der Waals surface area (Å²) in [5.41, 5.74) is 0.803. The molecule has 1 amide bonds. The first-order valence-electron chi connectivity index (χ1n) is 7.90. The van der Waals surface area contributed by atoms with Crippen molar-refractivity contribution in [1.29, 1.82) is 0 Å². The zero-order chi connectivity index (χ0) is 17.8. The van der Waals surface area contributed by atoms with Crippen molar-refractivity contribution in [2.75, 3.05) is 0 Å². The molecule has 0 unspecified atom stereocenters. The van der Waals surface area contributed by atoms with Crippen LogP contribution in [0.25, 0.3) is 10.8 Å². The largest absolute Gasteiger partial charge is 0.480 e. The second-order valence-corrected chi connectivity index (χ2v) is 6.53. The second-order valence-electron chi connectivity index (χ2n) is 5.69. The first-order valence-corrected chi connectivity index (χ1v) is 8.66. The van der Waals surface area contributed by atoms with E-state index in [1.807, 2.05) is 42.5 Å². The summed E-state index contributed by atoms with van der Waals surface area (Å²) in [5, 5.41) is 5.97. The maximum atomic E-state index is 12.3. The van der Waals surface area contributed by atoms with Crippen molar-refractivity contribution in [2.24, 2.45) is 0 Å². The molecule has 1 atom stereocenters. The highest BCUT2D eigenvalue weighted by Crippen LogP contribution is 2.26. The third kappa shape index (κ3) is 4.25. The number of hydrogen-bond donors (Lipinski definition) is 1. The lowest BCUT2D eigenvalue weighted by atomic mass is 10.1. The van der Waals surface area contributed by atoms with Gasteiger partial charge in [-0.05, 0) is 36.1 Å². The Labute approximate surface area is 156 Å². The van der Waals surface area contributed by atoms with Gasteiger partial charge in [-0.15, -0.1) is 0 Å². The molecule has 0 aliphatic carbocycles. The van der Waals surface area contributed by atoms with Crippen molar-refractivity contribution in [1.82, 2.24) is 5.32 Å².